The fourth-order valence-corrected chi connectivity index (χ4v) is 4.80. The van der Waals surface area contributed by atoms with E-state index >= 15 is 0 Å². The van der Waals surface area contributed by atoms with Gasteiger partial charge in [-0.2, -0.15) is 0 Å². The van der Waals surface area contributed by atoms with Gasteiger partial charge in [-0.1, -0.05) is 30.7 Å². The van der Waals surface area contributed by atoms with Crippen molar-refractivity contribution in [3.63, 3.8) is 0 Å². The van der Waals surface area contributed by atoms with Crippen molar-refractivity contribution in [1.82, 2.24) is 4.90 Å². The molecule has 0 bridgehead atoms. The largest absolute Gasteiger partial charge is 0.494 e. The van der Waals surface area contributed by atoms with Crippen molar-refractivity contribution in [1.29, 1.82) is 0 Å². The van der Waals surface area contributed by atoms with Crippen LogP contribution in [0.15, 0.2) is 57.7 Å². The molecule has 1 aromatic heterocycles. The summed E-state index contributed by atoms with van der Waals surface area (Å²) in [6.07, 6.45) is 5.15. The second-order valence-electron chi connectivity index (χ2n) is 9.92. The summed E-state index contributed by atoms with van der Waals surface area (Å²) in [5.74, 6) is -0.102. The molecule has 1 saturated heterocycles. The highest BCUT2D eigenvalue weighted by atomic mass is 16.5. The van der Waals surface area contributed by atoms with E-state index in [9.17, 15) is 14.7 Å². The number of ether oxygens (including phenoxy) is 1. The zero-order valence-electron chi connectivity index (χ0n) is 21.0. The Morgan fingerprint density at radius 3 is 2.72 bits per heavy atom. The van der Waals surface area contributed by atoms with Crippen LogP contribution in [0.25, 0.3) is 11.0 Å². The molecule has 0 aliphatic carbocycles. The van der Waals surface area contributed by atoms with Gasteiger partial charge < -0.3 is 24.9 Å². The molecule has 4 rings (SSSR count). The Hall–Kier alpha value is -3.16. The third-order valence-corrected chi connectivity index (χ3v) is 6.97. The van der Waals surface area contributed by atoms with Gasteiger partial charge >= 0.3 is 5.63 Å². The van der Waals surface area contributed by atoms with Gasteiger partial charge in [-0.3, -0.25) is 4.79 Å². The predicted octanol–water partition coefficient (Wildman–Crippen LogP) is 3.75. The Bertz CT molecular complexity index is 1250. The number of nitrogens with zero attached hydrogens (tertiary/aromatic N) is 1. The summed E-state index contributed by atoms with van der Waals surface area (Å²) in [6, 6.07) is 14.9. The summed E-state index contributed by atoms with van der Waals surface area (Å²) >= 11 is 0. The minimum atomic E-state index is -1.88. The lowest BCUT2D eigenvalue weighted by Gasteiger charge is -2.26. The van der Waals surface area contributed by atoms with Crippen LogP contribution in [-0.4, -0.2) is 47.8 Å². The minimum Gasteiger partial charge on any atom is -0.494 e. The van der Waals surface area contributed by atoms with Crippen LogP contribution in [0.5, 0.6) is 5.75 Å². The number of hydrogen-bond acceptors (Lipinski definition) is 6. The van der Waals surface area contributed by atoms with Crippen LogP contribution in [0.1, 0.15) is 48.8 Å². The summed E-state index contributed by atoms with van der Waals surface area (Å²) in [5, 5.41) is 11.8. The molecular formula is C29H36N2O5. The van der Waals surface area contributed by atoms with Crippen LogP contribution in [0.2, 0.25) is 0 Å². The van der Waals surface area contributed by atoms with Gasteiger partial charge in [-0.25, -0.2) is 4.79 Å². The summed E-state index contributed by atoms with van der Waals surface area (Å²) in [4.78, 5) is 27.3. The summed E-state index contributed by atoms with van der Waals surface area (Å²) in [6.45, 7) is 5.96. The number of fused-ring (bicyclic) bond motifs is 1. The molecule has 0 saturated carbocycles. The molecule has 192 valence electrons. The number of nitrogens with two attached hydrogens (primary N) is 1. The van der Waals surface area contributed by atoms with Gasteiger partial charge in [0.05, 0.1) is 6.61 Å². The fraction of sp³-hybridized carbons (Fsp3) is 0.448. The molecular weight excluding hydrogens is 456 g/mol. The van der Waals surface area contributed by atoms with Crippen molar-refractivity contribution in [2.24, 2.45) is 5.73 Å². The highest BCUT2D eigenvalue weighted by Crippen LogP contribution is 2.23. The Balaban J connectivity index is 1.36. The highest BCUT2D eigenvalue weighted by molar-refractivity contribution is 5.84. The van der Waals surface area contributed by atoms with E-state index < -0.39 is 17.1 Å². The molecule has 1 fully saturated rings. The second kappa shape index (κ2) is 11.7. The van der Waals surface area contributed by atoms with E-state index in [0.29, 0.717) is 18.6 Å². The summed E-state index contributed by atoms with van der Waals surface area (Å²) < 4.78 is 11.4. The molecule has 3 aromatic rings. The molecule has 36 heavy (non-hydrogen) atoms. The average Bonchev–Trinajstić information content (AvgIpc) is 2.87. The SMILES string of the molecule is Cc1ccc2cc(CC(O)(CCc3cccc(OCCCN4CCCCC4)c3)C(N)=O)c(=O)oc2c1. The molecule has 7 nitrogen and oxygen atoms in total. The number of rotatable bonds is 11. The minimum absolute atomic E-state index is 0.0755. The first-order chi connectivity index (χ1) is 17.3. The third-order valence-electron chi connectivity index (χ3n) is 6.97. The monoisotopic (exact) mass is 492 g/mol. The Morgan fingerprint density at radius 1 is 1.14 bits per heavy atom. The lowest BCUT2D eigenvalue weighted by molar-refractivity contribution is -0.136. The summed E-state index contributed by atoms with van der Waals surface area (Å²) in [5.41, 5.74) is 5.72. The van der Waals surface area contributed by atoms with Crippen LogP contribution in [0.3, 0.4) is 0 Å². The van der Waals surface area contributed by atoms with Crippen molar-refractivity contribution in [3.8, 4) is 5.75 Å². The zero-order chi connectivity index (χ0) is 25.5. The predicted molar refractivity (Wildman–Crippen MR) is 140 cm³/mol. The topological polar surface area (TPSA) is 106 Å². The Labute approximate surface area is 211 Å². The standard InChI is InChI=1S/C29H36N2O5/c1-21-9-10-23-19-24(27(32)36-26(23)17-21)20-29(34,28(30)33)12-11-22-7-5-8-25(18-22)35-16-6-15-31-13-3-2-4-14-31/h5,7-10,17-19,34H,2-4,6,11-16,20H2,1H3,(H2,30,33). The van der Waals surface area contributed by atoms with Crippen molar-refractivity contribution in [3.05, 3.63) is 75.6 Å². The summed E-state index contributed by atoms with van der Waals surface area (Å²) in [7, 11) is 0. The van der Waals surface area contributed by atoms with Gasteiger partial charge in [-0.15, -0.1) is 0 Å². The first-order valence-electron chi connectivity index (χ1n) is 12.8. The molecule has 1 unspecified atom stereocenters. The molecule has 0 spiro atoms. The van der Waals surface area contributed by atoms with E-state index in [1.165, 1.54) is 32.4 Å². The number of aliphatic hydroxyl groups is 1. The number of carbonyl (C=O) groups is 1. The lowest BCUT2D eigenvalue weighted by atomic mass is 9.88. The number of carbonyl (C=O) groups excluding carboxylic acids is 1. The number of likely N-dealkylation sites (tertiary alicyclic amines) is 1. The van der Waals surface area contributed by atoms with E-state index in [1.807, 2.05) is 43.3 Å². The maximum absolute atomic E-state index is 12.5. The van der Waals surface area contributed by atoms with Gasteiger partial charge in [0.2, 0.25) is 5.91 Å². The molecule has 1 aliphatic rings. The van der Waals surface area contributed by atoms with Crippen LogP contribution < -0.4 is 16.1 Å². The lowest BCUT2D eigenvalue weighted by Crippen LogP contribution is -2.47. The number of benzene rings is 2. The molecule has 1 atom stereocenters. The van der Waals surface area contributed by atoms with Crippen LogP contribution in [0.4, 0.5) is 0 Å². The van der Waals surface area contributed by atoms with Crippen LogP contribution >= 0.6 is 0 Å². The molecule has 0 radical (unpaired) electrons. The van der Waals surface area contributed by atoms with Crippen molar-refractivity contribution >= 4 is 16.9 Å². The van der Waals surface area contributed by atoms with E-state index in [1.54, 1.807) is 12.1 Å². The highest BCUT2D eigenvalue weighted by Gasteiger charge is 2.35. The molecule has 1 aliphatic heterocycles. The Kier molecular flexibility index (Phi) is 8.44. The van der Waals surface area contributed by atoms with Crippen LogP contribution in [-0.2, 0) is 17.6 Å². The first kappa shape index (κ1) is 25.9. The average molecular weight is 493 g/mol. The Morgan fingerprint density at radius 2 is 1.94 bits per heavy atom. The normalized spacial score (nSPS) is 16.1. The molecule has 7 heteroatoms. The van der Waals surface area contributed by atoms with Crippen LogP contribution in [0, 0.1) is 6.92 Å². The first-order valence-corrected chi connectivity index (χ1v) is 12.8. The second-order valence-corrected chi connectivity index (χ2v) is 9.92. The number of primary amides is 1. The number of aryl methyl sites for hydroxylation is 2. The van der Waals surface area contributed by atoms with E-state index in [-0.39, 0.29) is 18.4 Å². The number of amides is 1. The maximum Gasteiger partial charge on any atom is 0.339 e. The smallest absolute Gasteiger partial charge is 0.339 e. The van der Waals surface area contributed by atoms with E-state index in [0.717, 1.165) is 35.2 Å². The third kappa shape index (κ3) is 6.74. The molecule has 2 aromatic carbocycles. The fourth-order valence-electron chi connectivity index (χ4n) is 4.80. The zero-order valence-corrected chi connectivity index (χ0v) is 21.0. The van der Waals surface area contributed by atoms with Gasteiger partial charge in [-0.05, 0) is 87.5 Å². The molecule has 1 amide bonds. The molecule has 3 N–H and O–H groups in total. The van der Waals surface area contributed by atoms with Gasteiger partial charge in [0.25, 0.3) is 0 Å². The maximum atomic E-state index is 12.5. The van der Waals surface area contributed by atoms with Crippen molar-refractivity contribution in [2.75, 3.05) is 26.2 Å². The van der Waals surface area contributed by atoms with E-state index in [2.05, 4.69) is 4.90 Å². The van der Waals surface area contributed by atoms with Gasteiger partial charge in [0.1, 0.15) is 16.9 Å². The van der Waals surface area contributed by atoms with Gasteiger partial charge in [0, 0.05) is 23.9 Å². The number of hydrogen-bond donors (Lipinski definition) is 2. The van der Waals surface area contributed by atoms with Crippen molar-refractivity contribution in [2.45, 2.75) is 57.5 Å². The van der Waals surface area contributed by atoms with Crippen molar-refractivity contribution < 1.29 is 19.1 Å². The van der Waals surface area contributed by atoms with E-state index in [4.69, 9.17) is 14.9 Å². The number of piperidine rings is 1. The molecule has 2 heterocycles. The van der Waals surface area contributed by atoms with Gasteiger partial charge in [0.15, 0.2) is 0 Å². The quantitative estimate of drug-likeness (QED) is 0.312.